The van der Waals surface area contributed by atoms with Gasteiger partial charge in [-0.25, -0.2) is 8.42 Å². The first-order chi connectivity index (χ1) is 10.5. The SMILES string of the molecule is O=C(O)C1CCCN(S(=O)(=O)c2cc(C(F)(F)F)ccc2O)C1. The van der Waals surface area contributed by atoms with Crippen molar-refractivity contribution >= 4 is 16.0 Å². The van der Waals surface area contributed by atoms with Gasteiger partial charge in [-0.2, -0.15) is 17.5 Å². The molecular formula is C13H14F3NO5S. The molecule has 0 radical (unpaired) electrons. The van der Waals surface area contributed by atoms with Crippen LogP contribution in [0.5, 0.6) is 5.75 Å². The monoisotopic (exact) mass is 353 g/mol. The summed E-state index contributed by atoms with van der Waals surface area (Å²) in [7, 11) is -4.42. The number of rotatable bonds is 3. The Balaban J connectivity index is 2.41. The summed E-state index contributed by atoms with van der Waals surface area (Å²) < 4.78 is 63.9. The van der Waals surface area contributed by atoms with Crippen LogP contribution in [0.15, 0.2) is 23.1 Å². The van der Waals surface area contributed by atoms with Gasteiger partial charge >= 0.3 is 12.1 Å². The number of halogens is 3. The fourth-order valence-electron chi connectivity index (χ4n) is 2.40. The molecule has 2 rings (SSSR count). The maximum Gasteiger partial charge on any atom is 0.416 e. The molecule has 0 saturated carbocycles. The molecule has 1 aliphatic heterocycles. The van der Waals surface area contributed by atoms with Crippen molar-refractivity contribution in [3.8, 4) is 5.75 Å². The Morgan fingerprint density at radius 3 is 2.52 bits per heavy atom. The number of benzene rings is 1. The minimum Gasteiger partial charge on any atom is -0.507 e. The van der Waals surface area contributed by atoms with Crippen molar-refractivity contribution in [2.75, 3.05) is 13.1 Å². The van der Waals surface area contributed by atoms with Gasteiger partial charge in [0, 0.05) is 13.1 Å². The third-order valence-electron chi connectivity index (χ3n) is 3.64. The van der Waals surface area contributed by atoms with Crippen molar-refractivity contribution in [2.24, 2.45) is 5.92 Å². The molecule has 0 spiro atoms. The Bertz CT molecular complexity index is 717. The zero-order valence-corrected chi connectivity index (χ0v) is 12.6. The lowest BCUT2D eigenvalue weighted by atomic mass is 10.0. The first-order valence-electron chi connectivity index (χ1n) is 6.66. The lowest BCUT2D eigenvalue weighted by Crippen LogP contribution is -2.42. The molecule has 0 aliphatic carbocycles. The molecule has 1 atom stereocenters. The minimum absolute atomic E-state index is 0.0121. The van der Waals surface area contributed by atoms with E-state index in [1.54, 1.807) is 0 Å². The Hall–Kier alpha value is -1.81. The summed E-state index contributed by atoms with van der Waals surface area (Å²) in [5, 5.41) is 18.6. The van der Waals surface area contributed by atoms with Crippen LogP contribution in [-0.4, -0.2) is 42.0 Å². The number of aromatic hydroxyl groups is 1. The third kappa shape index (κ3) is 3.58. The van der Waals surface area contributed by atoms with Gasteiger partial charge in [-0.05, 0) is 31.0 Å². The number of nitrogens with zero attached hydrogens (tertiary/aromatic N) is 1. The van der Waals surface area contributed by atoms with E-state index in [1.807, 2.05) is 0 Å². The number of aliphatic carboxylic acids is 1. The summed E-state index contributed by atoms with van der Waals surface area (Å²) in [6.07, 6.45) is -4.20. The number of hydrogen-bond donors (Lipinski definition) is 2. The summed E-state index contributed by atoms with van der Waals surface area (Å²) in [5.74, 6) is -2.90. The standard InChI is InChI=1S/C13H14F3NO5S/c14-13(15,16)9-3-4-10(18)11(6-9)23(21,22)17-5-1-2-8(7-17)12(19)20/h3-4,6,8,18H,1-2,5,7H2,(H,19,20). The summed E-state index contributed by atoms with van der Waals surface area (Å²) in [6, 6.07) is 1.59. The lowest BCUT2D eigenvalue weighted by Gasteiger charge is -2.30. The summed E-state index contributed by atoms with van der Waals surface area (Å²) in [5.41, 5.74) is -1.21. The molecule has 1 aromatic carbocycles. The van der Waals surface area contributed by atoms with E-state index in [0.29, 0.717) is 18.2 Å². The van der Waals surface area contributed by atoms with E-state index in [2.05, 4.69) is 0 Å². The van der Waals surface area contributed by atoms with Crippen LogP contribution in [0.25, 0.3) is 0 Å². The van der Waals surface area contributed by atoms with Crippen molar-refractivity contribution in [1.82, 2.24) is 4.31 Å². The van der Waals surface area contributed by atoms with Gasteiger partial charge in [0.2, 0.25) is 10.0 Å². The second-order valence-corrected chi connectivity index (χ2v) is 7.13. The van der Waals surface area contributed by atoms with Crippen LogP contribution in [0.4, 0.5) is 13.2 Å². The average molecular weight is 353 g/mol. The molecule has 1 aliphatic rings. The van der Waals surface area contributed by atoms with E-state index < -0.39 is 44.3 Å². The Morgan fingerprint density at radius 2 is 1.96 bits per heavy atom. The van der Waals surface area contributed by atoms with E-state index in [1.165, 1.54) is 0 Å². The third-order valence-corrected chi connectivity index (χ3v) is 5.53. The highest BCUT2D eigenvalue weighted by Crippen LogP contribution is 2.35. The first-order valence-corrected chi connectivity index (χ1v) is 8.10. The van der Waals surface area contributed by atoms with Crippen molar-refractivity contribution < 1.29 is 36.6 Å². The number of alkyl halides is 3. The highest BCUT2D eigenvalue weighted by Gasteiger charge is 2.37. The summed E-state index contributed by atoms with van der Waals surface area (Å²) in [6.45, 7) is -0.352. The van der Waals surface area contributed by atoms with E-state index in [0.717, 1.165) is 4.31 Å². The second-order valence-electron chi connectivity index (χ2n) is 5.22. The predicted octanol–water partition coefficient (Wildman–Crippen LogP) is 1.90. The highest BCUT2D eigenvalue weighted by atomic mass is 32.2. The predicted molar refractivity (Wildman–Crippen MR) is 72.2 cm³/mol. The Kier molecular flexibility index (Phi) is 4.58. The van der Waals surface area contributed by atoms with Gasteiger partial charge in [0.1, 0.15) is 10.6 Å². The summed E-state index contributed by atoms with van der Waals surface area (Å²) in [4.78, 5) is 10.1. The summed E-state index contributed by atoms with van der Waals surface area (Å²) >= 11 is 0. The van der Waals surface area contributed by atoms with Gasteiger partial charge < -0.3 is 10.2 Å². The molecule has 128 valence electrons. The Labute approximate surface area is 130 Å². The van der Waals surface area contributed by atoms with Gasteiger partial charge in [0.25, 0.3) is 0 Å². The number of phenolic OH excluding ortho intramolecular Hbond substituents is 1. The number of carboxylic acid groups (broad SMARTS) is 1. The lowest BCUT2D eigenvalue weighted by molar-refractivity contribution is -0.143. The molecule has 10 heteroatoms. The maximum atomic E-state index is 12.7. The van der Waals surface area contributed by atoms with Crippen LogP contribution < -0.4 is 0 Å². The van der Waals surface area contributed by atoms with Crippen LogP contribution in [0, 0.1) is 5.92 Å². The van der Waals surface area contributed by atoms with Gasteiger partial charge in [0.05, 0.1) is 11.5 Å². The van der Waals surface area contributed by atoms with Crippen molar-refractivity contribution in [3.05, 3.63) is 23.8 Å². The van der Waals surface area contributed by atoms with Crippen molar-refractivity contribution in [3.63, 3.8) is 0 Å². The largest absolute Gasteiger partial charge is 0.507 e. The van der Waals surface area contributed by atoms with Crippen LogP contribution in [0.1, 0.15) is 18.4 Å². The minimum atomic E-state index is -4.76. The van der Waals surface area contributed by atoms with Gasteiger partial charge in [-0.3, -0.25) is 4.79 Å². The number of sulfonamides is 1. The van der Waals surface area contributed by atoms with E-state index in [9.17, 15) is 31.5 Å². The molecule has 1 unspecified atom stereocenters. The number of piperidine rings is 1. The van der Waals surface area contributed by atoms with Gasteiger partial charge in [-0.1, -0.05) is 0 Å². The number of hydrogen-bond acceptors (Lipinski definition) is 4. The van der Waals surface area contributed by atoms with Crippen molar-refractivity contribution in [1.29, 1.82) is 0 Å². The fourth-order valence-corrected chi connectivity index (χ4v) is 4.03. The maximum absolute atomic E-state index is 12.7. The molecular weight excluding hydrogens is 339 g/mol. The number of phenols is 1. The van der Waals surface area contributed by atoms with Crippen LogP contribution in [0.2, 0.25) is 0 Å². The van der Waals surface area contributed by atoms with E-state index in [-0.39, 0.29) is 25.9 Å². The normalized spacial score (nSPS) is 20.4. The van der Waals surface area contributed by atoms with E-state index >= 15 is 0 Å². The molecule has 2 N–H and O–H groups in total. The van der Waals surface area contributed by atoms with Crippen molar-refractivity contribution in [2.45, 2.75) is 23.9 Å². The number of carboxylic acids is 1. The molecule has 1 aromatic rings. The fraction of sp³-hybridized carbons (Fsp3) is 0.462. The van der Waals surface area contributed by atoms with Crippen LogP contribution in [-0.2, 0) is 21.0 Å². The quantitative estimate of drug-likeness (QED) is 0.865. The molecule has 1 heterocycles. The van der Waals surface area contributed by atoms with E-state index in [4.69, 9.17) is 5.11 Å². The topological polar surface area (TPSA) is 94.9 Å². The zero-order valence-electron chi connectivity index (χ0n) is 11.7. The molecule has 0 aromatic heterocycles. The molecule has 1 saturated heterocycles. The van der Waals surface area contributed by atoms with Crippen LogP contribution >= 0.6 is 0 Å². The first kappa shape index (κ1) is 17.5. The zero-order chi connectivity index (χ0) is 17.4. The Morgan fingerprint density at radius 1 is 1.30 bits per heavy atom. The molecule has 6 nitrogen and oxygen atoms in total. The van der Waals surface area contributed by atoms with Gasteiger partial charge in [0.15, 0.2) is 0 Å². The smallest absolute Gasteiger partial charge is 0.416 e. The number of carbonyl (C=O) groups is 1. The molecule has 23 heavy (non-hydrogen) atoms. The average Bonchev–Trinajstić information content (AvgIpc) is 2.46. The van der Waals surface area contributed by atoms with Gasteiger partial charge in [-0.15, -0.1) is 0 Å². The highest BCUT2D eigenvalue weighted by molar-refractivity contribution is 7.89. The second kappa shape index (κ2) is 6.00. The molecule has 0 bridgehead atoms. The molecule has 1 fully saturated rings. The van der Waals surface area contributed by atoms with Crippen LogP contribution in [0.3, 0.4) is 0 Å². The molecule has 0 amide bonds.